The van der Waals surface area contributed by atoms with Crippen molar-refractivity contribution in [2.24, 2.45) is 5.92 Å². The lowest BCUT2D eigenvalue weighted by atomic mass is 9.77. The van der Waals surface area contributed by atoms with Crippen molar-refractivity contribution in [3.8, 4) is 11.7 Å². The van der Waals surface area contributed by atoms with Crippen LogP contribution in [0.5, 0.6) is 0 Å². The van der Waals surface area contributed by atoms with Gasteiger partial charge in [0.15, 0.2) is 5.76 Å². The van der Waals surface area contributed by atoms with Gasteiger partial charge in [-0.2, -0.15) is 0 Å². The third-order valence-corrected chi connectivity index (χ3v) is 4.52. The molecule has 0 bridgehead atoms. The minimum Gasteiger partial charge on any atom is -0.459 e. The van der Waals surface area contributed by atoms with Gasteiger partial charge < -0.3 is 14.2 Å². The number of aromatic nitrogens is 2. The molecule has 6 heteroatoms. The molecule has 1 aliphatic carbocycles. The zero-order chi connectivity index (χ0) is 16.4. The van der Waals surface area contributed by atoms with E-state index in [-0.39, 0.29) is 11.9 Å². The lowest BCUT2D eigenvalue weighted by Crippen LogP contribution is -2.32. The normalized spacial score (nSPS) is 16.0. The second-order valence-corrected chi connectivity index (χ2v) is 6.08. The van der Waals surface area contributed by atoms with Crippen molar-refractivity contribution in [1.82, 2.24) is 15.5 Å². The van der Waals surface area contributed by atoms with Gasteiger partial charge in [-0.25, -0.2) is 4.39 Å². The van der Waals surface area contributed by atoms with E-state index in [2.05, 4.69) is 15.5 Å². The molecule has 1 aliphatic rings. The first-order chi connectivity index (χ1) is 11.8. The highest BCUT2D eigenvalue weighted by Gasteiger charge is 2.28. The fourth-order valence-electron chi connectivity index (χ4n) is 3.02. The summed E-state index contributed by atoms with van der Waals surface area (Å²) in [6, 6.07) is 10.4. The van der Waals surface area contributed by atoms with E-state index in [9.17, 15) is 4.39 Å². The third-order valence-electron chi connectivity index (χ3n) is 4.52. The maximum atomic E-state index is 13.2. The van der Waals surface area contributed by atoms with E-state index in [0.29, 0.717) is 30.0 Å². The fraction of sp³-hybridized carbons (Fsp3) is 0.333. The Kier molecular flexibility index (Phi) is 4.13. The first-order valence-electron chi connectivity index (χ1n) is 8.15. The number of furan rings is 1. The topological polar surface area (TPSA) is 64.1 Å². The van der Waals surface area contributed by atoms with E-state index in [1.165, 1.54) is 31.4 Å². The van der Waals surface area contributed by atoms with E-state index in [1.54, 1.807) is 18.4 Å². The molecular formula is C18H18FN3O2. The van der Waals surface area contributed by atoms with Gasteiger partial charge in [0.1, 0.15) is 5.82 Å². The highest BCUT2D eigenvalue weighted by atomic mass is 19.1. The lowest BCUT2D eigenvalue weighted by molar-refractivity contribution is 0.225. The summed E-state index contributed by atoms with van der Waals surface area (Å²) in [4.78, 5) is 0. The summed E-state index contributed by atoms with van der Waals surface area (Å²) in [5, 5.41) is 11.5. The van der Waals surface area contributed by atoms with E-state index < -0.39 is 0 Å². The molecule has 1 unspecified atom stereocenters. The van der Waals surface area contributed by atoms with Crippen LogP contribution in [0.15, 0.2) is 51.5 Å². The molecule has 0 saturated heterocycles. The van der Waals surface area contributed by atoms with Crippen LogP contribution in [0, 0.1) is 11.7 Å². The van der Waals surface area contributed by atoms with E-state index >= 15 is 0 Å². The van der Waals surface area contributed by atoms with Gasteiger partial charge in [-0.3, -0.25) is 0 Å². The van der Waals surface area contributed by atoms with Crippen molar-refractivity contribution in [2.75, 3.05) is 0 Å². The van der Waals surface area contributed by atoms with Crippen LogP contribution in [-0.4, -0.2) is 10.2 Å². The van der Waals surface area contributed by atoms with Crippen molar-refractivity contribution in [3.05, 3.63) is 59.9 Å². The van der Waals surface area contributed by atoms with Crippen LogP contribution in [0.2, 0.25) is 0 Å². The second kappa shape index (κ2) is 6.57. The molecule has 3 aromatic rings. The van der Waals surface area contributed by atoms with Gasteiger partial charge in [0.25, 0.3) is 5.89 Å². The van der Waals surface area contributed by atoms with Crippen LogP contribution in [0.3, 0.4) is 0 Å². The summed E-state index contributed by atoms with van der Waals surface area (Å²) in [5.41, 5.74) is 1.09. The highest BCUT2D eigenvalue weighted by Crippen LogP contribution is 2.38. The molecule has 124 valence electrons. The smallest absolute Gasteiger partial charge is 0.283 e. The number of nitrogens with one attached hydrogen (secondary N) is 1. The van der Waals surface area contributed by atoms with Crippen LogP contribution >= 0.6 is 0 Å². The molecule has 2 aromatic heterocycles. The minimum atomic E-state index is -0.217. The lowest BCUT2D eigenvalue weighted by Gasteiger charge is -2.34. The van der Waals surface area contributed by atoms with Crippen LogP contribution in [0.25, 0.3) is 11.7 Å². The monoisotopic (exact) mass is 327 g/mol. The predicted molar refractivity (Wildman–Crippen MR) is 85.3 cm³/mol. The molecule has 4 rings (SSSR count). The predicted octanol–water partition coefficient (Wildman–Crippen LogP) is 4.10. The Morgan fingerprint density at radius 3 is 2.67 bits per heavy atom. The third kappa shape index (κ3) is 3.10. The summed E-state index contributed by atoms with van der Waals surface area (Å²) < 4.78 is 24.1. The fourth-order valence-corrected chi connectivity index (χ4v) is 3.02. The van der Waals surface area contributed by atoms with Crippen molar-refractivity contribution in [1.29, 1.82) is 0 Å². The van der Waals surface area contributed by atoms with E-state index in [0.717, 1.165) is 5.56 Å². The molecule has 1 fully saturated rings. The number of halogens is 1. The van der Waals surface area contributed by atoms with Crippen molar-refractivity contribution >= 4 is 0 Å². The molecule has 1 N–H and O–H groups in total. The van der Waals surface area contributed by atoms with Crippen molar-refractivity contribution < 1.29 is 13.2 Å². The molecule has 24 heavy (non-hydrogen) atoms. The quantitative estimate of drug-likeness (QED) is 0.738. The Morgan fingerprint density at radius 1 is 1.17 bits per heavy atom. The molecule has 2 heterocycles. The summed E-state index contributed by atoms with van der Waals surface area (Å²) in [5.74, 6) is 1.78. The molecule has 0 amide bonds. The average Bonchev–Trinajstić information content (AvgIpc) is 3.21. The highest BCUT2D eigenvalue weighted by molar-refractivity contribution is 5.42. The molecule has 5 nitrogen and oxygen atoms in total. The maximum absolute atomic E-state index is 13.2. The van der Waals surface area contributed by atoms with Gasteiger partial charge in [-0.1, -0.05) is 18.6 Å². The summed E-state index contributed by atoms with van der Waals surface area (Å²) in [7, 11) is 0. The number of benzene rings is 1. The Bertz CT molecular complexity index is 779. The minimum absolute atomic E-state index is 0.165. The van der Waals surface area contributed by atoms with Gasteiger partial charge in [0, 0.05) is 6.04 Å². The van der Waals surface area contributed by atoms with Crippen LogP contribution in [-0.2, 0) is 6.54 Å². The Balaban J connectivity index is 1.46. The van der Waals surface area contributed by atoms with Gasteiger partial charge in [0.05, 0.1) is 12.8 Å². The zero-order valence-electron chi connectivity index (χ0n) is 13.1. The molecular weight excluding hydrogens is 309 g/mol. The van der Waals surface area contributed by atoms with Gasteiger partial charge >= 0.3 is 0 Å². The second-order valence-electron chi connectivity index (χ2n) is 6.08. The van der Waals surface area contributed by atoms with Crippen LogP contribution < -0.4 is 5.32 Å². The SMILES string of the molecule is Fc1ccc(C(NCc2nnc(-c3ccco3)o2)C2CCC2)cc1. The van der Waals surface area contributed by atoms with Crippen LogP contribution in [0.1, 0.15) is 36.8 Å². The van der Waals surface area contributed by atoms with E-state index in [1.807, 2.05) is 12.1 Å². The van der Waals surface area contributed by atoms with E-state index in [4.69, 9.17) is 8.83 Å². The number of hydrogen-bond acceptors (Lipinski definition) is 5. The largest absolute Gasteiger partial charge is 0.459 e. The van der Waals surface area contributed by atoms with Crippen molar-refractivity contribution in [2.45, 2.75) is 31.8 Å². The number of nitrogens with zero attached hydrogens (tertiary/aromatic N) is 2. The Morgan fingerprint density at radius 2 is 2.00 bits per heavy atom. The summed E-state index contributed by atoms with van der Waals surface area (Å²) in [6.45, 7) is 0.465. The zero-order valence-corrected chi connectivity index (χ0v) is 13.1. The Labute approximate surface area is 138 Å². The Hall–Kier alpha value is -2.47. The molecule has 1 aromatic carbocycles. The molecule has 0 spiro atoms. The molecule has 0 aliphatic heterocycles. The van der Waals surface area contributed by atoms with Gasteiger partial charge in [-0.15, -0.1) is 10.2 Å². The molecule has 1 saturated carbocycles. The first kappa shape index (κ1) is 15.1. The van der Waals surface area contributed by atoms with Crippen LogP contribution in [0.4, 0.5) is 4.39 Å². The maximum Gasteiger partial charge on any atom is 0.283 e. The van der Waals surface area contributed by atoms with Gasteiger partial charge in [0.2, 0.25) is 5.89 Å². The summed E-state index contributed by atoms with van der Waals surface area (Å²) in [6.07, 6.45) is 5.17. The first-order valence-corrected chi connectivity index (χ1v) is 8.15. The van der Waals surface area contributed by atoms with Gasteiger partial charge in [-0.05, 0) is 48.6 Å². The molecule has 1 atom stereocenters. The summed E-state index contributed by atoms with van der Waals surface area (Å²) >= 11 is 0. The number of rotatable bonds is 6. The van der Waals surface area contributed by atoms with Crippen molar-refractivity contribution in [3.63, 3.8) is 0 Å². The standard InChI is InChI=1S/C18H18FN3O2/c19-14-8-6-13(7-9-14)17(12-3-1-4-12)20-11-16-21-22-18(24-16)15-5-2-10-23-15/h2,5-10,12,17,20H,1,3-4,11H2. The molecule has 0 radical (unpaired) electrons. The number of hydrogen-bond donors (Lipinski definition) is 1. The average molecular weight is 327 g/mol.